The summed E-state index contributed by atoms with van der Waals surface area (Å²) in [6, 6.07) is 2.26. The highest BCUT2D eigenvalue weighted by Crippen LogP contribution is 2.28. The van der Waals surface area contributed by atoms with Crippen molar-refractivity contribution in [2.45, 2.75) is 27.2 Å². The molecular weight excluding hydrogens is 227 g/mol. The van der Waals surface area contributed by atoms with Crippen molar-refractivity contribution in [3.05, 3.63) is 28.5 Å². The Kier molecular flexibility index (Phi) is 3.56. The SMILES string of the molecule is CNCCc1c(C)[nH]c2c(C)c(P)cc(C)c12. The molecule has 92 valence electrons. The molecule has 0 aliphatic carbocycles. The minimum absolute atomic E-state index is 1.02. The topological polar surface area (TPSA) is 27.8 Å². The minimum Gasteiger partial charge on any atom is -0.358 e. The van der Waals surface area contributed by atoms with Crippen LogP contribution in [0.1, 0.15) is 22.4 Å². The molecule has 0 aliphatic heterocycles. The Balaban J connectivity index is 2.68. The molecule has 0 amide bonds. The first kappa shape index (κ1) is 12.6. The smallest absolute Gasteiger partial charge is 0.0497 e. The first-order valence-corrected chi connectivity index (χ1v) is 6.65. The van der Waals surface area contributed by atoms with Crippen molar-refractivity contribution < 1.29 is 0 Å². The predicted octanol–water partition coefficient (Wildman–Crippen LogP) is 2.36. The molecular formula is C14H21N2P. The van der Waals surface area contributed by atoms with Gasteiger partial charge in [0.05, 0.1) is 0 Å². The maximum atomic E-state index is 3.54. The standard InChI is InChI=1S/C14H21N2P/c1-8-7-12(17)9(2)14-13(8)11(5-6-15-4)10(3)16-14/h7,15-16H,5-6,17H2,1-4H3. The fraction of sp³-hybridized carbons (Fsp3) is 0.429. The monoisotopic (exact) mass is 248 g/mol. The minimum atomic E-state index is 1.02. The lowest BCUT2D eigenvalue weighted by Crippen LogP contribution is -2.10. The van der Waals surface area contributed by atoms with Gasteiger partial charge in [-0.1, -0.05) is 6.07 Å². The van der Waals surface area contributed by atoms with Gasteiger partial charge in [0.15, 0.2) is 0 Å². The highest BCUT2D eigenvalue weighted by molar-refractivity contribution is 7.27. The summed E-state index contributed by atoms with van der Waals surface area (Å²) in [5.74, 6) is 0. The number of aryl methyl sites for hydroxylation is 3. The molecule has 0 fully saturated rings. The molecule has 1 aromatic heterocycles. The predicted molar refractivity (Wildman–Crippen MR) is 79.5 cm³/mol. The third-order valence-corrected chi connectivity index (χ3v) is 4.12. The fourth-order valence-corrected chi connectivity index (χ4v) is 2.90. The molecule has 1 atom stereocenters. The molecule has 1 heterocycles. The number of hydrogen-bond donors (Lipinski definition) is 2. The van der Waals surface area contributed by atoms with Crippen LogP contribution in [0.2, 0.25) is 0 Å². The molecule has 0 bridgehead atoms. The lowest BCUT2D eigenvalue weighted by Gasteiger charge is -2.07. The van der Waals surface area contributed by atoms with Gasteiger partial charge in [0, 0.05) is 16.6 Å². The van der Waals surface area contributed by atoms with E-state index in [1.807, 2.05) is 7.05 Å². The molecule has 2 nitrogen and oxygen atoms in total. The van der Waals surface area contributed by atoms with E-state index >= 15 is 0 Å². The molecule has 1 aromatic carbocycles. The second kappa shape index (κ2) is 4.80. The van der Waals surface area contributed by atoms with E-state index in [1.54, 1.807) is 0 Å². The summed E-state index contributed by atoms with van der Waals surface area (Å²) in [5.41, 5.74) is 6.77. The van der Waals surface area contributed by atoms with E-state index < -0.39 is 0 Å². The van der Waals surface area contributed by atoms with Gasteiger partial charge in [0.2, 0.25) is 0 Å². The molecule has 0 spiro atoms. The molecule has 17 heavy (non-hydrogen) atoms. The van der Waals surface area contributed by atoms with Crippen molar-refractivity contribution in [2.75, 3.05) is 13.6 Å². The number of nitrogens with one attached hydrogen (secondary N) is 2. The summed E-state index contributed by atoms with van der Waals surface area (Å²) in [4.78, 5) is 3.54. The van der Waals surface area contributed by atoms with Gasteiger partial charge < -0.3 is 10.3 Å². The number of rotatable bonds is 3. The fourth-order valence-electron chi connectivity index (χ4n) is 2.50. The summed E-state index contributed by atoms with van der Waals surface area (Å²) in [5, 5.41) is 5.93. The van der Waals surface area contributed by atoms with Crippen LogP contribution in [0.4, 0.5) is 0 Å². The van der Waals surface area contributed by atoms with E-state index in [9.17, 15) is 0 Å². The van der Waals surface area contributed by atoms with Crippen LogP contribution in [0.25, 0.3) is 10.9 Å². The van der Waals surface area contributed by atoms with Crippen LogP contribution >= 0.6 is 9.24 Å². The summed E-state index contributed by atoms with van der Waals surface area (Å²) in [6.45, 7) is 7.58. The van der Waals surface area contributed by atoms with Crippen LogP contribution in [0.15, 0.2) is 6.07 Å². The normalized spacial score (nSPS) is 11.4. The second-order valence-corrected chi connectivity index (χ2v) is 5.36. The third-order valence-electron chi connectivity index (χ3n) is 3.52. The van der Waals surface area contributed by atoms with Crippen molar-refractivity contribution in [3.63, 3.8) is 0 Å². The first-order valence-electron chi connectivity index (χ1n) is 6.07. The van der Waals surface area contributed by atoms with E-state index in [0.29, 0.717) is 0 Å². The number of benzene rings is 1. The van der Waals surface area contributed by atoms with Gasteiger partial charge in [-0.2, -0.15) is 0 Å². The number of aromatic amines is 1. The summed E-state index contributed by atoms with van der Waals surface area (Å²) in [6.07, 6.45) is 1.08. The number of fused-ring (bicyclic) bond motifs is 1. The first-order chi connectivity index (χ1) is 8.06. The molecule has 0 saturated carbocycles. The Morgan fingerprint density at radius 3 is 2.65 bits per heavy atom. The Labute approximate surface area is 105 Å². The van der Waals surface area contributed by atoms with Gasteiger partial charge >= 0.3 is 0 Å². The van der Waals surface area contributed by atoms with E-state index in [0.717, 1.165) is 13.0 Å². The van der Waals surface area contributed by atoms with Crippen LogP contribution in [0.3, 0.4) is 0 Å². The number of likely N-dealkylation sites (N-methyl/N-ethyl adjacent to an activating group) is 1. The largest absolute Gasteiger partial charge is 0.358 e. The van der Waals surface area contributed by atoms with Gasteiger partial charge in [-0.25, -0.2) is 0 Å². The van der Waals surface area contributed by atoms with Crippen LogP contribution in [0.5, 0.6) is 0 Å². The van der Waals surface area contributed by atoms with Crippen LogP contribution < -0.4 is 10.6 Å². The van der Waals surface area contributed by atoms with Crippen LogP contribution in [0, 0.1) is 20.8 Å². The molecule has 2 rings (SSSR count). The highest BCUT2D eigenvalue weighted by atomic mass is 31.0. The van der Waals surface area contributed by atoms with Crippen molar-refractivity contribution in [2.24, 2.45) is 0 Å². The zero-order chi connectivity index (χ0) is 12.6. The maximum absolute atomic E-state index is 3.54. The highest BCUT2D eigenvalue weighted by Gasteiger charge is 2.13. The van der Waals surface area contributed by atoms with Gasteiger partial charge in [-0.15, -0.1) is 9.24 Å². The van der Waals surface area contributed by atoms with E-state index in [2.05, 4.69) is 46.4 Å². The Morgan fingerprint density at radius 2 is 2.00 bits per heavy atom. The van der Waals surface area contributed by atoms with Gasteiger partial charge in [-0.05, 0) is 62.8 Å². The molecule has 0 saturated heterocycles. The van der Waals surface area contributed by atoms with E-state index in [-0.39, 0.29) is 0 Å². The van der Waals surface area contributed by atoms with Crippen molar-refractivity contribution in [1.82, 2.24) is 10.3 Å². The Hall–Kier alpha value is -0.850. The number of H-pyrrole nitrogens is 1. The average molecular weight is 248 g/mol. The number of aromatic nitrogens is 1. The van der Waals surface area contributed by atoms with E-state index in [4.69, 9.17) is 0 Å². The van der Waals surface area contributed by atoms with E-state index in [1.165, 1.54) is 38.6 Å². The molecule has 1 unspecified atom stereocenters. The third kappa shape index (κ3) is 2.12. The maximum Gasteiger partial charge on any atom is 0.0497 e. The Bertz CT molecular complexity index is 555. The quantitative estimate of drug-likeness (QED) is 0.802. The van der Waals surface area contributed by atoms with Gasteiger partial charge in [0.25, 0.3) is 0 Å². The Morgan fingerprint density at radius 1 is 1.29 bits per heavy atom. The van der Waals surface area contributed by atoms with Gasteiger partial charge in [0.1, 0.15) is 0 Å². The zero-order valence-corrected chi connectivity index (χ0v) is 12.2. The zero-order valence-electron chi connectivity index (χ0n) is 11.1. The molecule has 0 radical (unpaired) electrons. The van der Waals surface area contributed by atoms with Crippen molar-refractivity contribution >= 4 is 25.4 Å². The lowest BCUT2D eigenvalue weighted by atomic mass is 10.0. The average Bonchev–Trinajstić information content (AvgIpc) is 2.61. The molecule has 2 N–H and O–H groups in total. The second-order valence-electron chi connectivity index (χ2n) is 4.74. The van der Waals surface area contributed by atoms with Crippen molar-refractivity contribution in [3.8, 4) is 0 Å². The van der Waals surface area contributed by atoms with Crippen LogP contribution in [-0.2, 0) is 6.42 Å². The summed E-state index contributed by atoms with van der Waals surface area (Å²) in [7, 11) is 4.83. The summed E-state index contributed by atoms with van der Waals surface area (Å²) >= 11 is 0. The number of hydrogen-bond acceptors (Lipinski definition) is 1. The van der Waals surface area contributed by atoms with Crippen LogP contribution in [-0.4, -0.2) is 18.6 Å². The molecule has 2 aromatic rings. The van der Waals surface area contributed by atoms with Crippen molar-refractivity contribution in [1.29, 1.82) is 0 Å². The lowest BCUT2D eigenvalue weighted by molar-refractivity contribution is 0.791. The molecule has 3 heteroatoms. The summed E-state index contributed by atoms with van der Waals surface area (Å²) < 4.78 is 0. The van der Waals surface area contributed by atoms with Gasteiger partial charge in [-0.3, -0.25) is 0 Å². The molecule has 0 aliphatic rings.